The van der Waals surface area contributed by atoms with Gasteiger partial charge in [0.05, 0.1) is 23.3 Å². The van der Waals surface area contributed by atoms with Crippen molar-refractivity contribution in [2.24, 2.45) is 7.05 Å². The fraction of sp³-hybridized carbons (Fsp3) is 0.250. The number of imidazole rings is 1. The Balaban J connectivity index is 1.28. The van der Waals surface area contributed by atoms with Gasteiger partial charge in [-0.2, -0.15) is 8.78 Å². The van der Waals surface area contributed by atoms with E-state index in [4.69, 9.17) is 16.3 Å². The molecule has 1 aliphatic rings. The Morgan fingerprint density at radius 2 is 2.00 bits per heavy atom. The third-order valence-corrected chi connectivity index (χ3v) is 6.84. The summed E-state index contributed by atoms with van der Waals surface area (Å²) in [6.45, 7) is -1.42. The van der Waals surface area contributed by atoms with Gasteiger partial charge in [0, 0.05) is 36.8 Å². The molecule has 40 heavy (non-hydrogen) atoms. The van der Waals surface area contributed by atoms with E-state index in [0.717, 1.165) is 17.3 Å². The molecule has 1 aliphatic heterocycles. The van der Waals surface area contributed by atoms with Crippen molar-refractivity contribution in [2.75, 3.05) is 13.1 Å². The number of halogens is 4. The Morgan fingerprint density at radius 1 is 1.18 bits per heavy atom. The summed E-state index contributed by atoms with van der Waals surface area (Å²) in [6.07, 6.45) is 2.74. The van der Waals surface area contributed by atoms with Gasteiger partial charge in [0.25, 0.3) is 0 Å². The Hall–Kier alpha value is -4.09. The molecule has 5 rings (SSSR count). The molecule has 208 valence electrons. The van der Waals surface area contributed by atoms with E-state index in [-0.39, 0.29) is 23.4 Å². The lowest BCUT2D eigenvalue weighted by Crippen LogP contribution is -2.29. The number of hydrogen-bond donors (Lipinski definition) is 1. The van der Waals surface area contributed by atoms with Gasteiger partial charge >= 0.3 is 12.6 Å². The molecule has 1 N–H and O–H groups in total. The number of hydrogen-bond acceptors (Lipinski definition) is 6. The number of aromatic carboxylic acids is 1. The topological polar surface area (TPSA) is 89.7 Å². The first-order valence-electron chi connectivity index (χ1n) is 12.3. The molecule has 0 bridgehead atoms. The Morgan fingerprint density at radius 3 is 2.70 bits per heavy atom. The molecule has 0 unspecified atom stereocenters. The van der Waals surface area contributed by atoms with Gasteiger partial charge in [0.15, 0.2) is 5.75 Å². The normalized spacial score (nSPS) is 14.0. The van der Waals surface area contributed by atoms with Crippen LogP contribution in [0.15, 0.2) is 54.6 Å². The number of alkyl halides is 2. The van der Waals surface area contributed by atoms with Gasteiger partial charge in [0.1, 0.15) is 23.8 Å². The number of pyridine rings is 1. The van der Waals surface area contributed by atoms with Crippen LogP contribution >= 0.6 is 11.6 Å². The summed E-state index contributed by atoms with van der Waals surface area (Å²) in [5.74, 6) is -1.02. The van der Waals surface area contributed by atoms with Gasteiger partial charge in [-0.15, -0.1) is 0 Å². The van der Waals surface area contributed by atoms with Gasteiger partial charge in [-0.1, -0.05) is 29.8 Å². The van der Waals surface area contributed by atoms with Crippen molar-refractivity contribution in [3.05, 3.63) is 88.1 Å². The molecule has 0 spiro atoms. The van der Waals surface area contributed by atoms with E-state index >= 15 is 0 Å². The number of aromatic nitrogens is 3. The maximum atomic E-state index is 14.1. The molecule has 12 heteroatoms. The number of ether oxygens (including phenoxy) is 2. The fourth-order valence-corrected chi connectivity index (χ4v) is 4.67. The van der Waals surface area contributed by atoms with Crippen molar-refractivity contribution in [1.29, 1.82) is 0 Å². The lowest BCUT2D eigenvalue weighted by atomic mass is 10.0. The lowest BCUT2D eigenvalue weighted by Gasteiger charge is -2.25. The van der Waals surface area contributed by atoms with Crippen LogP contribution in [-0.4, -0.2) is 50.2 Å². The zero-order chi connectivity index (χ0) is 28.4. The Kier molecular flexibility index (Phi) is 7.95. The molecule has 0 aliphatic carbocycles. The number of carboxylic acid groups (broad SMARTS) is 1. The van der Waals surface area contributed by atoms with Gasteiger partial charge < -0.3 is 19.1 Å². The standard InChI is InChI=1S/C28H24ClF3N4O4/c1-35-22-11-18(27(37)38)12-23(40-28(31)32)26(22)34-24(35)14-36-9-7-16(8-10-36)21-3-2-4-25(33-21)39-15-17-5-6-19(29)13-20(17)30/h2-7,11-13,28H,8-10,14-15H2,1H3,(H,37,38). The van der Waals surface area contributed by atoms with Crippen molar-refractivity contribution >= 4 is 34.2 Å². The maximum Gasteiger partial charge on any atom is 0.387 e. The quantitative estimate of drug-likeness (QED) is 0.266. The highest BCUT2D eigenvalue weighted by Gasteiger charge is 2.21. The van der Waals surface area contributed by atoms with Crippen LogP contribution in [0.1, 0.15) is 33.9 Å². The highest BCUT2D eigenvalue weighted by atomic mass is 35.5. The van der Waals surface area contributed by atoms with Crippen LogP contribution in [0.3, 0.4) is 0 Å². The predicted molar refractivity (Wildman–Crippen MR) is 142 cm³/mol. The number of nitrogens with zero attached hydrogens (tertiary/aromatic N) is 4. The van der Waals surface area contributed by atoms with Gasteiger partial charge in [-0.3, -0.25) is 4.90 Å². The minimum Gasteiger partial charge on any atom is -0.478 e. The van der Waals surface area contributed by atoms with E-state index in [9.17, 15) is 23.1 Å². The summed E-state index contributed by atoms with van der Waals surface area (Å²) in [4.78, 5) is 22.7. The number of aryl methyl sites for hydroxylation is 1. The first-order valence-corrected chi connectivity index (χ1v) is 12.7. The number of carbonyl (C=O) groups is 1. The van der Waals surface area contributed by atoms with E-state index in [1.54, 1.807) is 29.8 Å². The van der Waals surface area contributed by atoms with E-state index < -0.39 is 18.4 Å². The zero-order valence-corrected chi connectivity index (χ0v) is 22.0. The average Bonchev–Trinajstić information content (AvgIpc) is 3.23. The fourth-order valence-electron chi connectivity index (χ4n) is 4.51. The van der Waals surface area contributed by atoms with Gasteiger partial charge in [-0.25, -0.2) is 19.2 Å². The molecule has 0 saturated carbocycles. The monoisotopic (exact) mass is 572 g/mol. The van der Waals surface area contributed by atoms with E-state index in [1.807, 2.05) is 18.2 Å². The number of benzene rings is 2. The number of carboxylic acids is 1. The van der Waals surface area contributed by atoms with Crippen LogP contribution in [0.4, 0.5) is 13.2 Å². The average molecular weight is 573 g/mol. The zero-order valence-electron chi connectivity index (χ0n) is 21.3. The van der Waals surface area contributed by atoms with Crippen LogP contribution < -0.4 is 9.47 Å². The third-order valence-electron chi connectivity index (χ3n) is 6.61. The summed E-state index contributed by atoms with van der Waals surface area (Å²) in [5, 5.41) is 9.69. The van der Waals surface area contributed by atoms with Crippen molar-refractivity contribution in [1.82, 2.24) is 19.4 Å². The SMILES string of the molecule is Cn1c(CN2CC=C(c3cccc(OCc4ccc(Cl)cc4F)n3)CC2)nc2c(OC(F)F)cc(C(=O)O)cc21. The molecule has 0 radical (unpaired) electrons. The molecule has 2 aromatic heterocycles. The van der Waals surface area contributed by atoms with Gasteiger partial charge in [-0.05, 0) is 42.3 Å². The van der Waals surface area contributed by atoms with Crippen molar-refractivity contribution in [3.8, 4) is 11.6 Å². The molecular weight excluding hydrogens is 549 g/mol. The van der Waals surface area contributed by atoms with E-state index in [0.29, 0.717) is 53.9 Å². The first-order chi connectivity index (χ1) is 19.2. The summed E-state index contributed by atoms with van der Waals surface area (Å²) in [6, 6.07) is 12.3. The number of rotatable bonds is 9. The Bertz CT molecular complexity index is 1610. The molecule has 4 aromatic rings. The Labute approximate surface area is 232 Å². The first kappa shape index (κ1) is 27.5. The van der Waals surface area contributed by atoms with Crippen LogP contribution in [0, 0.1) is 5.82 Å². The van der Waals surface area contributed by atoms with E-state index in [1.165, 1.54) is 12.1 Å². The molecule has 2 aromatic carbocycles. The predicted octanol–water partition coefficient (Wildman–Crippen LogP) is 5.93. The van der Waals surface area contributed by atoms with Crippen LogP contribution in [-0.2, 0) is 20.2 Å². The smallest absolute Gasteiger partial charge is 0.387 e. The molecular formula is C28H24ClF3N4O4. The highest BCUT2D eigenvalue weighted by molar-refractivity contribution is 6.30. The molecule has 0 fully saturated rings. The molecule has 0 atom stereocenters. The second-order valence-corrected chi connectivity index (χ2v) is 9.65. The molecule has 0 saturated heterocycles. The van der Waals surface area contributed by atoms with Crippen molar-refractivity contribution in [3.63, 3.8) is 0 Å². The largest absolute Gasteiger partial charge is 0.478 e. The maximum absolute atomic E-state index is 14.1. The molecule has 0 amide bonds. The minimum absolute atomic E-state index is 0.0162. The summed E-state index contributed by atoms with van der Waals surface area (Å²) >= 11 is 5.80. The minimum atomic E-state index is -3.11. The van der Waals surface area contributed by atoms with Crippen LogP contribution in [0.2, 0.25) is 5.02 Å². The van der Waals surface area contributed by atoms with Crippen molar-refractivity contribution in [2.45, 2.75) is 26.2 Å². The summed E-state index contributed by atoms with van der Waals surface area (Å²) < 4.78 is 51.9. The van der Waals surface area contributed by atoms with Crippen LogP contribution in [0.25, 0.3) is 16.6 Å². The summed E-state index contributed by atoms with van der Waals surface area (Å²) in [5.41, 5.74) is 2.56. The second kappa shape index (κ2) is 11.6. The highest BCUT2D eigenvalue weighted by Crippen LogP contribution is 2.30. The van der Waals surface area contributed by atoms with Crippen LogP contribution in [0.5, 0.6) is 11.6 Å². The van der Waals surface area contributed by atoms with Gasteiger partial charge in [0.2, 0.25) is 5.88 Å². The molecule has 8 nitrogen and oxygen atoms in total. The third kappa shape index (κ3) is 6.05. The van der Waals surface area contributed by atoms with Crippen molar-refractivity contribution < 1.29 is 32.5 Å². The summed E-state index contributed by atoms with van der Waals surface area (Å²) in [7, 11) is 1.71. The van der Waals surface area contributed by atoms with E-state index in [2.05, 4.69) is 19.6 Å². The lowest BCUT2D eigenvalue weighted by molar-refractivity contribution is -0.0489. The second-order valence-electron chi connectivity index (χ2n) is 9.21. The number of fused-ring (bicyclic) bond motifs is 1. The molecule has 3 heterocycles.